The molecule has 1 saturated heterocycles. The molecule has 33 heavy (non-hydrogen) atoms. The van der Waals surface area contributed by atoms with Gasteiger partial charge in [0.2, 0.25) is 5.95 Å². The molecule has 1 atom stereocenters. The Labute approximate surface area is 191 Å². The number of anilines is 1. The van der Waals surface area contributed by atoms with Crippen LogP contribution < -0.4 is 5.32 Å². The fourth-order valence-corrected chi connectivity index (χ4v) is 3.72. The fourth-order valence-electron chi connectivity index (χ4n) is 3.72. The molecule has 0 saturated carbocycles. The second-order valence-corrected chi connectivity index (χ2v) is 8.44. The third-order valence-corrected chi connectivity index (χ3v) is 5.29. The molecule has 5 rings (SSSR count). The topological polar surface area (TPSA) is 113 Å². The van der Waals surface area contributed by atoms with Crippen LogP contribution in [0.15, 0.2) is 34.7 Å². The highest BCUT2D eigenvalue weighted by molar-refractivity contribution is 5.86. The van der Waals surface area contributed by atoms with Crippen molar-refractivity contribution in [3.63, 3.8) is 0 Å². The average Bonchev–Trinajstić information content (AvgIpc) is 3.54. The number of aromatic nitrogens is 6. The molecule has 1 N–H and O–H groups in total. The van der Waals surface area contributed by atoms with Crippen LogP contribution in [0.5, 0.6) is 0 Å². The molecule has 10 heteroatoms. The summed E-state index contributed by atoms with van der Waals surface area (Å²) in [4.78, 5) is 14.1. The Morgan fingerprint density at radius 3 is 2.79 bits per heavy atom. The Hall–Kier alpha value is -3.37. The minimum Gasteiger partial charge on any atom is -0.460 e. The van der Waals surface area contributed by atoms with Crippen molar-refractivity contribution < 1.29 is 13.9 Å². The summed E-state index contributed by atoms with van der Waals surface area (Å²) in [5.41, 5.74) is 3.52. The molecule has 1 fully saturated rings. The van der Waals surface area contributed by atoms with Gasteiger partial charge in [-0.15, -0.1) is 5.10 Å². The molecule has 0 aliphatic carbocycles. The largest absolute Gasteiger partial charge is 0.460 e. The van der Waals surface area contributed by atoms with Gasteiger partial charge in [-0.2, -0.15) is 4.98 Å². The lowest BCUT2D eigenvalue weighted by atomic mass is 10.2. The quantitative estimate of drug-likeness (QED) is 0.432. The second-order valence-electron chi connectivity index (χ2n) is 8.44. The SMILES string of the molecule is Cc1ccc(-c2nc(NC(C)C)nc3c2nnn3Cc2cccc(COC3CCOC3)n2)o1. The predicted octanol–water partition coefficient (Wildman–Crippen LogP) is 3.36. The van der Waals surface area contributed by atoms with E-state index in [1.54, 1.807) is 4.68 Å². The van der Waals surface area contributed by atoms with Gasteiger partial charge in [-0.05, 0) is 51.5 Å². The highest BCUT2D eigenvalue weighted by Gasteiger charge is 2.20. The van der Waals surface area contributed by atoms with E-state index >= 15 is 0 Å². The van der Waals surface area contributed by atoms with Gasteiger partial charge >= 0.3 is 0 Å². The molecule has 0 radical (unpaired) electrons. The summed E-state index contributed by atoms with van der Waals surface area (Å²) in [6.07, 6.45) is 1.07. The van der Waals surface area contributed by atoms with Crippen molar-refractivity contribution in [2.75, 3.05) is 18.5 Å². The lowest BCUT2D eigenvalue weighted by Crippen LogP contribution is -2.14. The molecule has 0 bridgehead atoms. The average molecular weight is 450 g/mol. The van der Waals surface area contributed by atoms with Crippen LogP contribution in [0.4, 0.5) is 5.95 Å². The molecule has 0 spiro atoms. The first-order chi connectivity index (χ1) is 16.0. The number of nitrogens with zero attached hydrogens (tertiary/aromatic N) is 6. The number of nitrogens with one attached hydrogen (secondary N) is 1. The third kappa shape index (κ3) is 4.86. The van der Waals surface area contributed by atoms with Gasteiger partial charge in [0.1, 0.15) is 11.5 Å². The summed E-state index contributed by atoms with van der Waals surface area (Å²) in [6, 6.07) is 9.85. The smallest absolute Gasteiger partial charge is 0.225 e. The van der Waals surface area contributed by atoms with Crippen molar-refractivity contribution in [3.8, 4) is 11.5 Å². The molecule has 0 amide bonds. The molecule has 0 aromatic carbocycles. The van der Waals surface area contributed by atoms with Crippen LogP contribution in [0.3, 0.4) is 0 Å². The van der Waals surface area contributed by atoms with Crippen molar-refractivity contribution in [2.45, 2.75) is 52.5 Å². The van der Waals surface area contributed by atoms with E-state index in [9.17, 15) is 0 Å². The number of furan rings is 1. The van der Waals surface area contributed by atoms with E-state index in [1.165, 1.54) is 0 Å². The van der Waals surface area contributed by atoms with Crippen LogP contribution in [0.25, 0.3) is 22.6 Å². The van der Waals surface area contributed by atoms with Crippen LogP contribution in [0.2, 0.25) is 0 Å². The lowest BCUT2D eigenvalue weighted by Gasteiger charge is -2.11. The Bertz CT molecular complexity index is 1240. The first-order valence-electron chi connectivity index (χ1n) is 11.1. The Morgan fingerprint density at radius 1 is 1.15 bits per heavy atom. The number of ether oxygens (including phenoxy) is 2. The van der Waals surface area contributed by atoms with E-state index in [4.69, 9.17) is 18.9 Å². The van der Waals surface area contributed by atoms with E-state index in [2.05, 4.69) is 25.6 Å². The maximum atomic E-state index is 5.91. The zero-order valence-electron chi connectivity index (χ0n) is 19.0. The molecule has 1 aliphatic rings. The summed E-state index contributed by atoms with van der Waals surface area (Å²) in [5.74, 6) is 1.93. The van der Waals surface area contributed by atoms with Gasteiger partial charge in [0.15, 0.2) is 16.9 Å². The Balaban J connectivity index is 1.44. The summed E-state index contributed by atoms with van der Waals surface area (Å²) in [7, 11) is 0. The van der Waals surface area contributed by atoms with Crippen LogP contribution in [0.1, 0.15) is 37.4 Å². The summed E-state index contributed by atoms with van der Waals surface area (Å²) in [5, 5.41) is 12.0. The van der Waals surface area contributed by atoms with Gasteiger partial charge in [0.25, 0.3) is 0 Å². The molecule has 10 nitrogen and oxygen atoms in total. The van der Waals surface area contributed by atoms with Crippen LogP contribution in [0, 0.1) is 6.92 Å². The standard InChI is InChI=1S/C23H27N7O3/c1-14(2)24-23-26-20(19-8-7-15(3)33-19)21-22(27-23)30(29-28-21)11-16-5-4-6-17(25-16)12-32-18-9-10-31-13-18/h4-8,14,18H,9-13H2,1-3H3,(H,24,26,27). The van der Waals surface area contributed by atoms with E-state index < -0.39 is 0 Å². The van der Waals surface area contributed by atoms with Crippen LogP contribution >= 0.6 is 0 Å². The molecule has 1 aliphatic heterocycles. The zero-order valence-corrected chi connectivity index (χ0v) is 19.0. The lowest BCUT2D eigenvalue weighted by molar-refractivity contribution is 0.0301. The first-order valence-corrected chi connectivity index (χ1v) is 11.1. The summed E-state index contributed by atoms with van der Waals surface area (Å²) < 4.78 is 18.8. The maximum Gasteiger partial charge on any atom is 0.225 e. The molecule has 1 unspecified atom stereocenters. The van der Waals surface area contributed by atoms with Crippen molar-refractivity contribution in [1.29, 1.82) is 0 Å². The number of rotatable bonds is 8. The molecule has 4 aromatic heterocycles. The number of aryl methyl sites for hydroxylation is 1. The van der Waals surface area contributed by atoms with Crippen molar-refractivity contribution >= 4 is 17.1 Å². The van der Waals surface area contributed by atoms with E-state index in [1.807, 2.05) is 51.1 Å². The van der Waals surface area contributed by atoms with Gasteiger partial charge in [-0.3, -0.25) is 4.98 Å². The Morgan fingerprint density at radius 2 is 2.03 bits per heavy atom. The van der Waals surface area contributed by atoms with Gasteiger partial charge < -0.3 is 19.2 Å². The van der Waals surface area contributed by atoms with Gasteiger partial charge in [0, 0.05) is 12.6 Å². The second kappa shape index (κ2) is 9.24. The van der Waals surface area contributed by atoms with Gasteiger partial charge in [-0.1, -0.05) is 11.3 Å². The molecular weight excluding hydrogens is 422 g/mol. The monoisotopic (exact) mass is 449 g/mol. The minimum atomic E-state index is 0.141. The van der Waals surface area contributed by atoms with Gasteiger partial charge in [0.05, 0.1) is 37.3 Å². The van der Waals surface area contributed by atoms with Crippen LogP contribution in [-0.4, -0.2) is 55.3 Å². The highest BCUT2D eigenvalue weighted by Crippen LogP contribution is 2.27. The normalized spacial score (nSPS) is 16.2. The summed E-state index contributed by atoms with van der Waals surface area (Å²) in [6.45, 7) is 8.25. The van der Waals surface area contributed by atoms with E-state index in [0.29, 0.717) is 48.3 Å². The third-order valence-electron chi connectivity index (χ3n) is 5.29. The molecular formula is C23H27N7O3. The molecule has 5 heterocycles. The van der Waals surface area contributed by atoms with Crippen LogP contribution in [-0.2, 0) is 22.6 Å². The van der Waals surface area contributed by atoms with Crippen molar-refractivity contribution in [2.24, 2.45) is 0 Å². The van der Waals surface area contributed by atoms with Crippen molar-refractivity contribution in [3.05, 3.63) is 47.5 Å². The van der Waals surface area contributed by atoms with E-state index in [-0.39, 0.29) is 12.1 Å². The zero-order chi connectivity index (χ0) is 22.8. The van der Waals surface area contributed by atoms with Gasteiger partial charge in [-0.25, -0.2) is 9.67 Å². The number of fused-ring (bicyclic) bond motifs is 1. The maximum absolute atomic E-state index is 5.91. The molecule has 4 aromatic rings. The number of hydrogen-bond donors (Lipinski definition) is 1. The summed E-state index contributed by atoms with van der Waals surface area (Å²) >= 11 is 0. The van der Waals surface area contributed by atoms with E-state index in [0.717, 1.165) is 30.2 Å². The predicted molar refractivity (Wildman–Crippen MR) is 122 cm³/mol. The highest BCUT2D eigenvalue weighted by atomic mass is 16.5. The number of hydrogen-bond acceptors (Lipinski definition) is 9. The Kier molecular flexibility index (Phi) is 6.01. The minimum absolute atomic E-state index is 0.141. The first kappa shape index (κ1) is 21.5. The van der Waals surface area contributed by atoms with Crippen molar-refractivity contribution in [1.82, 2.24) is 29.9 Å². The molecule has 172 valence electrons. The fraction of sp³-hybridized carbons (Fsp3) is 0.435. The number of pyridine rings is 1.